The summed E-state index contributed by atoms with van der Waals surface area (Å²) in [5.74, 6) is -1.13. The first-order valence-corrected chi connectivity index (χ1v) is 7.51. The van der Waals surface area contributed by atoms with Crippen LogP contribution in [0.25, 0.3) is 0 Å². The predicted molar refractivity (Wildman–Crippen MR) is 78.4 cm³/mol. The van der Waals surface area contributed by atoms with Crippen molar-refractivity contribution in [3.63, 3.8) is 0 Å². The number of hydrogen-bond acceptors (Lipinski definition) is 4. The molecule has 23 heavy (non-hydrogen) atoms. The van der Waals surface area contributed by atoms with Gasteiger partial charge in [-0.1, -0.05) is 16.8 Å². The molecule has 1 aliphatic rings. The molecule has 5 nitrogen and oxygen atoms in total. The van der Waals surface area contributed by atoms with Crippen LogP contribution >= 0.6 is 11.6 Å². The van der Waals surface area contributed by atoms with Crippen molar-refractivity contribution in [3.8, 4) is 0 Å². The summed E-state index contributed by atoms with van der Waals surface area (Å²) < 4.78 is 33.9. The van der Waals surface area contributed by atoms with Crippen LogP contribution in [0.15, 0.2) is 22.7 Å². The van der Waals surface area contributed by atoms with E-state index in [0.717, 1.165) is 6.07 Å². The molecular formula is C15H14ClF2N3O2. The lowest BCUT2D eigenvalue weighted by atomic mass is 9.94. The summed E-state index contributed by atoms with van der Waals surface area (Å²) in [6, 6.07) is 3.71. The van der Waals surface area contributed by atoms with E-state index in [4.69, 9.17) is 16.1 Å². The van der Waals surface area contributed by atoms with E-state index < -0.39 is 17.4 Å². The maximum atomic E-state index is 15.1. The normalized spacial score (nSPS) is 21.5. The predicted octanol–water partition coefficient (Wildman–Crippen LogP) is 3.27. The summed E-state index contributed by atoms with van der Waals surface area (Å²) in [5, 5.41) is 3.83. The number of carbonyl (C=O) groups excluding carboxylic acids is 1. The van der Waals surface area contributed by atoms with Gasteiger partial charge in [0.1, 0.15) is 5.82 Å². The summed E-state index contributed by atoms with van der Waals surface area (Å²) in [4.78, 5) is 17.7. The van der Waals surface area contributed by atoms with Crippen molar-refractivity contribution in [2.75, 3.05) is 13.1 Å². The van der Waals surface area contributed by atoms with Crippen LogP contribution < -0.4 is 0 Å². The highest BCUT2D eigenvalue weighted by Crippen LogP contribution is 2.35. The van der Waals surface area contributed by atoms with Crippen molar-refractivity contribution in [1.29, 1.82) is 0 Å². The number of carbonyl (C=O) groups is 1. The number of halogens is 3. The zero-order chi connectivity index (χ0) is 16.6. The third-order valence-electron chi connectivity index (χ3n) is 3.80. The quantitative estimate of drug-likeness (QED) is 0.841. The number of nitrogens with zero attached hydrogens (tertiary/aromatic N) is 3. The number of hydrogen-bond donors (Lipinski definition) is 0. The van der Waals surface area contributed by atoms with E-state index >= 15 is 4.39 Å². The van der Waals surface area contributed by atoms with Gasteiger partial charge in [0.05, 0.1) is 12.1 Å². The number of aryl methyl sites for hydroxylation is 1. The van der Waals surface area contributed by atoms with Crippen LogP contribution in [0.1, 0.15) is 34.9 Å². The van der Waals surface area contributed by atoms with Gasteiger partial charge in [-0.05, 0) is 38.0 Å². The van der Waals surface area contributed by atoms with Crippen molar-refractivity contribution >= 4 is 17.5 Å². The zero-order valence-corrected chi connectivity index (χ0v) is 13.1. The third kappa shape index (κ3) is 3.06. The number of amides is 1. The Balaban J connectivity index is 1.86. The molecule has 8 heteroatoms. The molecule has 1 aromatic carbocycles. The standard InChI is InChI=1S/C15H14ClF2N3O2/c1-9-19-14(23-20-9)15(18)5-2-6-21(8-15)13(22)11-7-10(16)3-4-12(11)17/h3-4,7H,2,5-6,8H2,1H3. The van der Waals surface area contributed by atoms with Crippen LogP contribution in [0.5, 0.6) is 0 Å². The molecule has 122 valence electrons. The smallest absolute Gasteiger partial charge is 0.266 e. The van der Waals surface area contributed by atoms with Crippen molar-refractivity contribution in [3.05, 3.63) is 46.3 Å². The van der Waals surface area contributed by atoms with Crippen LogP contribution in [-0.4, -0.2) is 34.0 Å². The minimum atomic E-state index is -1.93. The molecule has 0 saturated carbocycles. The van der Waals surface area contributed by atoms with Gasteiger partial charge in [-0.15, -0.1) is 0 Å². The second-order valence-electron chi connectivity index (χ2n) is 5.57. The average molecular weight is 342 g/mol. The number of aromatic nitrogens is 2. The van der Waals surface area contributed by atoms with Gasteiger partial charge in [-0.25, -0.2) is 8.78 Å². The molecular weight excluding hydrogens is 328 g/mol. The van der Waals surface area contributed by atoms with E-state index in [9.17, 15) is 9.18 Å². The first-order valence-electron chi connectivity index (χ1n) is 7.13. The van der Waals surface area contributed by atoms with Crippen molar-refractivity contribution in [2.45, 2.75) is 25.4 Å². The van der Waals surface area contributed by atoms with Gasteiger partial charge < -0.3 is 9.42 Å². The van der Waals surface area contributed by atoms with Crippen LogP contribution in [-0.2, 0) is 5.67 Å². The fourth-order valence-corrected chi connectivity index (χ4v) is 2.84. The van der Waals surface area contributed by atoms with Crippen molar-refractivity contribution in [1.82, 2.24) is 15.0 Å². The maximum absolute atomic E-state index is 15.1. The number of likely N-dealkylation sites (tertiary alicyclic amines) is 1. The minimum Gasteiger partial charge on any atom is -0.336 e. The molecule has 3 rings (SSSR count). The van der Waals surface area contributed by atoms with Gasteiger partial charge in [0.15, 0.2) is 5.82 Å². The van der Waals surface area contributed by atoms with E-state index in [1.807, 2.05) is 0 Å². The Morgan fingerprint density at radius 3 is 2.96 bits per heavy atom. The molecule has 0 aliphatic carbocycles. The van der Waals surface area contributed by atoms with Crippen molar-refractivity contribution < 1.29 is 18.1 Å². The van der Waals surface area contributed by atoms with Crippen LogP contribution in [0.3, 0.4) is 0 Å². The average Bonchev–Trinajstić information content (AvgIpc) is 2.96. The highest BCUT2D eigenvalue weighted by atomic mass is 35.5. The molecule has 1 aliphatic heterocycles. The summed E-state index contributed by atoms with van der Waals surface area (Å²) in [6.45, 7) is 1.65. The van der Waals surface area contributed by atoms with E-state index in [-0.39, 0.29) is 29.4 Å². The first-order chi connectivity index (χ1) is 10.9. The molecule has 0 N–H and O–H groups in total. The molecule has 1 atom stereocenters. The second kappa shape index (κ2) is 5.88. The van der Waals surface area contributed by atoms with Gasteiger partial charge in [0.25, 0.3) is 11.8 Å². The molecule has 1 unspecified atom stereocenters. The zero-order valence-electron chi connectivity index (χ0n) is 12.4. The summed E-state index contributed by atoms with van der Waals surface area (Å²) in [5.41, 5.74) is -2.10. The Kier molecular flexibility index (Phi) is 4.06. The first kappa shape index (κ1) is 15.9. The van der Waals surface area contributed by atoms with Crippen molar-refractivity contribution in [2.24, 2.45) is 0 Å². The molecule has 1 saturated heterocycles. The molecule has 0 radical (unpaired) electrons. The Bertz CT molecular complexity index is 752. The van der Waals surface area contributed by atoms with E-state index in [1.54, 1.807) is 6.92 Å². The molecule has 1 fully saturated rings. The van der Waals surface area contributed by atoms with Gasteiger partial charge in [0.2, 0.25) is 5.67 Å². The van der Waals surface area contributed by atoms with Crippen LogP contribution in [0, 0.1) is 12.7 Å². The lowest BCUT2D eigenvalue weighted by molar-refractivity contribution is 0.0150. The minimum absolute atomic E-state index is 0.154. The second-order valence-corrected chi connectivity index (χ2v) is 6.00. The lowest BCUT2D eigenvalue weighted by Gasteiger charge is -2.35. The highest BCUT2D eigenvalue weighted by Gasteiger charge is 2.44. The summed E-state index contributed by atoms with van der Waals surface area (Å²) in [7, 11) is 0. The SMILES string of the molecule is Cc1noc(C2(F)CCCN(C(=O)c3cc(Cl)ccc3F)C2)n1. The maximum Gasteiger partial charge on any atom is 0.266 e. The topological polar surface area (TPSA) is 59.2 Å². The summed E-state index contributed by atoms with van der Waals surface area (Å²) in [6.07, 6.45) is 0.572. The fourth-order valence-electron chi connectivity index (χ4n) is 2.67. The van der Waals surface area contributed by atoms with Crippen LogP contribution in [0.2, 0.25) is 5.02 Å². The number of alkyl halides is 1. The molecule has 1 aromatic heterocycles. The third-order valence-corrected chi connectivity index (χ3v) is 4.03. The molecule has 0 spiro atoms. The largest absolute Gasteiger partial charge is 0.336 e. The van der Waals surface area contributed by atoms with E-state index in [1.165, 1.54) is 17.0 Å². The Hall–Kier alpha value is -2.02. The monoisotopic (exact) mass is 341 g/mol. The van der Waals surface area contributed by atoms with E-state index in [0.29, 0.717) is 18.8 Å². The highest BCUT2D eigenvalue weighted by molar-refractivity contribution is 6.31. The van der Waals surface area contributed by atoms with Gasteiger partial charge in [-0.2, -0.15) is 4.98 Å². The number of benzene rings is 1. The fraction of sp³-hybridized carbons (Fsp3) is 0.400. The molecule has 1 amide bonds. The molecule has 0 bridgehead atoms. The Labute approximate surface area is 136 Å². The number of piperidine rings is 1. The lowest BCUT2D eigenvalue weighted by Crippen LogP contribution is -2.46. The van der Waals surface area contributed by atoms with Gasteiger partial charge in [-0.3, -0.25) is 4.79 Å². The molecule has 2 aromatic rings. The summed E-state index contributed by atoms with van der Waals surface area (Å²) >= 11 is 5.81. The van der Waals surface area contributed by atoms with E-state index in [2.05, 4.69) is 10.1 Å². The van der Waals surface area contributed by atoms with Gasteiger partial charge in [0, 0.05) is 11.6 Å². The van der Waals surface area contributed by atoms with Gasteiger partial charge >= 0.3 is 0 Å². The Morgan fingerprint density at radius 2 is 2.26 bits per heavy atom. The van der Waals surface area contributed by atoms with Crippen LogP contribution in [0.4, 0.5) is 8.78 Å². The number of rotatable bonds is 2. The Morgan fingerprint density at radius 1 is 1.48 bits per heavy atom. The molecule has 2 heterocycles.